The van der Waals surface area contributed by atoms with Crippen LogP contribution in [-0.2, 0) is 9.53 Å². The zero-order valence-corrected chi connectivity index (χ0v) is 9.87. The van der Waals surface area contributed by atoms with Gasteiger partial charge in [0, 0.05) is 12.0 Å². The van der Waals surface area contributed by atoms with Crippen molar-refractivity contribution in [3.05, 3.63) is 11.8 Å². The van der Waals surface area contributed by atoms with Crippen molar-refractivity contribution in [2.45, 2.75) is 17.6 Å². The number of alkyl halides is 3. The lowest BCUT2D eigenvalue weighted by Crippen LogP contribution is -2.17. The van der Waals surface area contributed by atoms with Gasteiger partial charge in [-0.3, -0.25) is 4.79 Å². The fourth-order valence-electron chi connectivity index (χ4n) is 0.672. The van der Waals surface area contributed by atoms with E-state index in [9.17, 15) is 4.79 Å². The number of rotatable bonds is 3. The Bertz CT molecular complexity index is 216. The second-order valence-corrected chi connectivity index (χ2v) is 5.05. The van der Waals surface area contributed by atoms with Gasteiger partial charge in [-0.2, -0.15) is 0 Å². The minimum atomic E-state index is -1.90. The zero-order valence-electron chi connectivity index (χ0n) is 7.61. The molecule has 0 saturated heterocycles. The monoisotopic (exact) mass is 244 g/mol. The first-order valence-corrected chi connectivity index (χ1v) is 4.79. The average molecular weight is 246 g/mol. The van der Waals surface area contributed by atoms with Crippen molar-refractivity contribution in [2.24, 2.45) is 5.92 Å². The van der Waals surface area contributed by atoms with Crippen LogP contribution in [0.25, 0.3) is 0 Å². The van der Waals surface area contributed by atoms with Gasteiger partial charge in [0.05, 0.1) is 7.11 Å². The fraction of sp³-hybridized carbons (Fsp3) is 0.625. The van der Waals surface area contributed by atoms with E-state index in [0.29, 0.717) is 5.76 Å². The molecule has 0 spiro atoms. The first-order chi connectivity index (χ1) is 5.79. The molecule has 2 nitrogen and oxygen atoms in total. The summed E-state index contributed by atoms with van der Waals surface area (Å²) >= 11 is 16.1. The summed E-state index contributed by atoms with van der Waals surface area (Å²) in [4.78, 5) is 11.2. The predicted octanol–water partition coefficient (Wildman–Crippen LogP) is 3.11. The van der Waals surface area contributed by atoms with Crippen LogP contribution in [0.4, 0.5) is 0 Å². The molecule has 0 bridgehead atoms. The molecule has 0 unspecified atom stereocenters. The third-order valence-corrected chi connectivity index (χ3v) is 1.92. The summed E-state index contributed by atoms with van der Waals surface area (Å²) in [5, 5.41) is 0. The summed E-state index contributed by atoms with van der Waals surface area (Å²) in [5.74, 6) is -0.0133. The molecular formula is C8H11Cl3O2. The number of halogens is 3. The van der Waals surface area contributed by atoms with Crippen LogP contribution in [0.5, 0.6) is 0 Å². The molecular weight excluding hydrogens is 234 g/mol. The SMILES string of the molecule is CO/C(=C/C(=O)C(Cl)(Cl)Cl)C(C)C. The zero-order chi connectivity index (χ0) is 10.6. The van der Waals surface area contributed by atoms with Crippen LogP contribution in [0.2, 0.25) is 0 Å². The van der Waals surface area contributed by atoms with Crippen LogP contribution in [0.3, 0.4) is 0 Å². The molecule has 0 saturated carbocycles. The van der Waals surface area contributed by atoms with Gasteiger partial charge in [-0.15, -0.1) is 0 Å². The Hall–Kier alpha value is 0.0800. The van der Waals surface area contributed by atoms with Gasteiger partial charge in [0.1, 0.15) is 5.76 Å². The second kappa shape index (κ2) is 5.08. The molecule has 0 amide bonds. The van der Waals surface area contributed by atoms with Gasteiger partial charge in [-0.1, -0.05) is 48.7 Å². The van der Waals surface area contributed by atoms with Crippen molar-refractivity contribution in [2.75, 3.05) is 7.11 Å². The maximum atomic E-state index is 11.2. The van der Waals surface area contributed by atoms with Crippen LogP contribution < -0.4 is 0 Å². The van der Waals surface area contributed by atoms with Gasteiger partial charge < -0.3 is 4.74 Å². The van der Waals surface area contributed by atoms with E-state index in [4.69, 9.17) is 39.5 Å². The standard InChI is InChI=1S/C8H11Cl3O2/c1-5(2)6(13-3)4-7(12)8(9,10)11/h4-5H,1-3H3/b6-4+. The van der Waals surface area contributed by atoms with Gasteiger partial charge >= 0.3 is 0 Å². The third-order valence-electron chi connectivity index (χ3n) is 1.36. The molecule has 0 aliphatic rings. The molecule has 0 aromatic rings. The number of hydrogen-bond acceptors (Lipinski definition) is 2. The summed E-state index contributed by atoms with van der Waals surface area (Å²) in [7, 11) is 1.47. The summed E-state index contributed by atoms with van der Waals surface area (Å²) in [6.45, 7) is 3.75. The number of ether oxygens (including phenoxy) is 1. The minimum absolute atomic E-state index is 0.0845. The molecule has 0 aromatic heterocycles. The molecule has 0 rings (SSSR count). The van der Waals surface area contributed by atoms with Crippen molar-refractivity contribution >= 4 is 40.6 Å². The minimum Gasteiger partial charge on any atom is -0.501 e. The van der Waals surface area contributed by atoms with E-state index in [1.54, 1.807) is 0 Å². The van der Waals surface area contributed by atoms with E-state index in [1.807, 2.05) is 13.8 Å². The number of ketones is 1. The molecule has 0 N–H and O–H groups in total. The largest absolute Gasteiger partial charge is 0.501 e. The molecule has 5 heteroatoms. The van der Waals surface area contributed by atoms with E-state index < -0.39 is 9.58 Å². The van der Waals surface area contributed by atoms with Gasteiger partial charge in [0.2, 0.25) is 5.78 Å². The summed E-state index contributed by atoms with van der Waals surface area (Å²) in [6.07, 6.45) is 1.21. The molecule has 13 heavy (non-hydrogen) atoms. The lowest BCUT2D eigenvalue weighted by Gasteiger charge is -2.11. The highest BCUT2D eigenvalue weighted by atomic mass is 35.6. The Balaban J connectivity index is 4.62. The summed E-state index contributed by atoms with van der Waals surface area (Å²) in [5.41, 5.74) is 0. The third kappa shape index (κ3) is 4.75. The van der Waals surface area contributed by atoms with Crippen molar-refractivity contribution in [1.82, 2.24) is 0 Å². The molecule has 0 radical (unpaired) electrons. The predicted molar refractivity (Wildman–Crippen MR) is 55.2 cm³/mol. The quantitative estimate of drug-likeness (QED) is 0.434. The van der Waals surface area contributed by atoms with Gasteiger partial charge in [0.15, 0.2) is 0 Å². The van der Waals surface area contributed by atoms with Crippen LogP contribution in [-0.4, -0.2) is 16.7 Å². The van der Waals surface area contributed by atoms with Crippen LogP contribution in [0.1, 0.15) is 13.8 Å². The summed E-state index contributed by atoms with van der Waals surface area (Å²) in [6, 6.07) is 0. The van der Waals surface area contributed by atoms with Crippen molar-refractivity contribution in [1.29, 1.82) is 0 Å². The number of methoxy groups -OCH3 is 1. The first-order valence-electron chi connectivity index (χ1n) is 3.65. The average Bonchev–Trinajstić information content (AvgIpc) is 1.96. The van der Waals surface area contributed by atoms with Crippen LogP contribution >= 0.6 is 34.8 Å². The summed E-state index contributed by atoms with van der Waals surface area (Å²) < 4.78 is 3.04. The van der Waals surface area contributed by atoms with Crippen molar-refractivity contribution in [3.63, 3.8) is 0 Å². The van der Waals surface area contributed by atoms with Gasteiger partial charge in [-0.05, 0) is 0 Å². The maximum absolute atomic E-state index is 11.2. The molecule has 0 fully saturated rings. The highest BCUT2D eigenvalue weighted by Gasteiger charge is 2.29. The molecule has 0 aliphatic carbocycles. The molecule has 0 aliphatic heterocycles. The van der Waals surface area contributed by atoms with Crippen LogP contribution in [0, 0.1) is 5.92 Å². The highest BCUT2D eigenvalue weighted by Crippen LogP contribution is 2.28. The molecule has 0 heterocycles. The van der Waals surface area contributed by atoms with E-state index >= 15 is 0 Å². The van der Waals surface area contributed by atoms with E-state index in [0.717, 1.165) is 0 Å². The van der Waals surface area contributed by atoms with Crippen molar-refractivity contribution < 1.29 is 9.53 Å². The molecule has 76 valence electrons. The normalized spacial score (nSPS) is 13.3. The highest BCUT2D eigenvalue weighted by molar-refractivity contribution is 6.77. The Morgan fingerprint density at radius 1 is 1.38 bits per heavy atom. The Morgan fingerprint density at radius 2 is 1.85 bits per heavy atom. The van der Waals surface area contributed by atoms with E-state index in [1.165, 1.54) is 13.2 Å². The smallest absolute Gasteiger partial charge is 0.252 e. The van der Waals surface area contributed by atoms with Gasteiger partial charge in [0.25, 0.3) is 3.79 Å². The van der Waals surface area contributed by atoms with E-state index in [-0.39, 0.29) is 5.92 Å². The number of carbonyl (C=O) groups is 1. The molecule has 0 atom stereocenters. The maximum Gasteiger partial charge on any atom is 0.252 e. The van der Waals surface area contributed by atoms with E-state index in [2.05, 4.69) is 0 Å². The Morgan fingerprint density at radius 3 is 2.08 bits per heavy atom. The Kier molecular flexibility index (Phi) is 5.11. The lowest BCUT2D eigenvalue weighted by atomic mass is 10.1. The lowest BCUT2D eigenvalue weighted by molar-refractivity contribution is -0.114. The van der Waals surface area contributed by atoms with Gasteiger partial charge in [-0.25, -0.2) is 0 Å². The second-order valence-electron chi connectivity index (χ2n) is 2.77. The topological polar surface area (TPSA) is 26.3 Å². The number of hydrogen-bond donors (Lipinski definition) is 0. The fourth-order valence-corrected chi connectivity index (χ4v) is 0.836. The Labute approximate surface area is 92.8 Å². The first kappa shape index (κ1) is 13.1. The van der Waals surface area contributed by atoms with Crippen molar-refractivity contribution in [3.8, 4) is 0 Å². The molecule has 0 aromatic carbocycles. The van der Waals surface area contributed by atoms with Crippen LogP contribution in [0.15, 0.2) is 11.8 Å². The number of carbonyl (C=O) groups excluding carboxylic acids is 1. The number of allylic oxidation sites excluding steroid dienone is 2.